The van der Waals surface area contributed by atoms with E-state index < -0.39 is 373 Å². The van der Waals surface area contributed by atoms with Crippen molar-refractivity contribution in [2.24, 2.45) is 0 Å². The topological polar surface area (TPSA) is 823 Å². The van der Waals surface area contributed by atoms with Crippen molar-refractivity contribution in [3.05, 3.63) is 0 Å². The molecule has 10 aliphatic rings. The minimum absolute atomic E-state index is 0.869. The number of rotatable bonds is 28. The third-order valence-electron chi connectivity index (χ3n) is 20.9. The van der Waals surface area contributed by atoms with Crippen molar-refractivity contribution < 1.29 is 253 Å². The van der Waals surface area contributed by atoms with Crippen molar-refractivity contribution in [3.8, 4) is 0 Å². The maximum atomic E-state index is 11.5. The first-order valence-corrected chi connectivity index (χ1v) is 35.2. The summed E-state index contributed by atoms with van der Waals surface area (Å²) in [6.07, 6.45) is -101. The molecule has 0 amide bonds. The van der Waals surface area contributed by atoms with Gasteiger partial charge < -0.3 is 253 Å². The number of hydrogen-bond donors (Lipinski definition) is 32. The van der Waals surface area contributed by atoms with E-state index in [2.05, 4.69) is 0 Å². The minimum Gasteiger partial charge on any atom is -0.394 e. The van der Waals surface area contributed by atoms with E-state index in [0.717, 1.165) is 0 Å². The smallest absolute Gasteiger partial charge is 0.187 e. The predicted octanol–water partition coefficient (Wildman–Crippen LogP) is -22.8. The summed E-state index contributed by atoms with van der Waals surface area (Å²) in [6, 6.07) is 0. The maximum Gasteiger partial charge on any atom is 0.187 e. The van der Waals surface area contributed by atoms with Gasteiger partial charge in [-0.2, -0.15) is 0 Å². The van der Waals surface area contributed by atoms with Crippen LogP contribution in [0.4, 0.5) is 0 Å². The summed E-state index contributed by atoms with van der Waals surface area (Å²) in [4.78, 5) is 0. The van der Waals surface area contributed by atoms with Crippen LogP contribution in [0.5, 0.6) is 0 Å². The zero-order chi connectivity index (χ0) is 81.4. The average molecular weight is 1640 g/mol. The van der Waals surface area contributed by atoms with E-state index >= 15 is 0 Å². The lowest BCUT2D eigenvalue weighted by Gasteiger charge is -2.50. The maximum absolute atomic E-state index is 11.5. The molecule has 10 saturated heterocycles. The third-order valence-corrected chi connectivity index (χ3v) is 20.9. The van der Waals surface area contributed by atoms with Crippen LogP contribution in [0.25, 0.3) is 0 Å². The van der Waals surface area contributed by atoms with Gasteiger partial charge in [0.1, 0.15) is 244 Å². The molecule has 10 rings (SSSR count). The fraction of sp³-hybridized carbons (Fsp3) is 1.00. The summed E-state index contributed by atoms with van der Waals surface area (Å²) in [7, 11) is 0. The largest absolute Gasteiger partial charge is 0.394 e. The van der Waals surface area contributed by atoms with Gasteiger partial charge in [-0.05, 0) is 0 Å². The molecule has 0 saturated carbocycles. The summed E-state index contributed by atoms with van der Waals surface area (Å²) in [5, 5.41) is 345. The third kappa shape index (κ3) is 18.8. The van der Waals surface area contributed by atoms with Gasteiger partial charge in [-0.25, -0.2) is 0 Å². The first kappa shape index (κ1) is 91.3. The van der Waals surface area contributed by atoms with E-state index in [1.165, 1.54) is 0 Å². The molecule has 10 unspecified atom stereocenters. The SMILES string of the molecule is OC[C@H]1OC(O[C@H]2[C@H](O)[C@H](O)C(O[C@H]3[C@H](O)[C@H](O)C(O[C@H]4[C@H](O)[C@H](O)C(O[C@H]5[C@H](O)[C@H](O)C(O[C@H]6[C@H](O)[C@H](O)C(O[C@H]7[C@H](O)[C@H](O)C(O[C@H]8[C@H](O)[C@H](O)C(O[C@H]9[C@H](O)[C@H](O)C(O[C@H]%10[C@H](O)[C@H](O)C(O)O[C@@H]%10CO)O[C@@H]9CO)O[C@@H]8CO)O[C@@H]7CO)O[C@@H]6CO)O[C@@H]5CO)O[C@@H]4CO)O[C@@H]3CO)O[C@@H]2CO)[C@@H](O)[C@@H](O)[C@@H]1O. The molecule has 10 heterocycles. The zero-order valence-electron chi connectivity index (χ0n) is 58.0. The molecule has 0 bridgehead atoms. The van der Waals surface area contributed by atoms with Crippen LogP contribution < -0.4 is 0 Å². The Labute approximate surface area is 625 Å². The minimum atomic E-state index is -2.32. The fourth-order valence-corrected chi connectivity index (χ4v) is 14.5. The highest BCUT2D eigenvalue weighted by Gasteiger charge is 2.61. The van der Waals surface area contributed by atoms with Crippen LogP contribution >= 0.6 is 0 Å². The highest BCUT2D eigenvalue weighted by atomic mass is 16.8. The molecule has 0 aromatic rings. The molecule has 51 heteroatoms. The lowest BCUT2D eigenvalue weighted by atomic mass is 9.95. The van der Waals surface area contributed by atoms with Gasteiger partial charge in [0.2, 0.25) is 0 Å². The molecule has 0 spiro atoms. The van der Waals surface area contributed by atoms with Gasteiger partial charge in [-0.3, -0.25) is 0 Å². The highest BCUT2D eigenvalue weighted by molar-refractivity contribution is 5.03. The van der Waals surface area contributed by atoms with Gasteiger partial charge in [0.25, 0.3) is 0 Å². The molecule has 0 aromatic heterocycles. The van der Waals surface area contributed by atoms with Gasteiger partial charge >= 0.3 is 0 Å². The van der Waals surface area contributed by atoms with E-state index in [1.54, 1.807) is 0 Å². The lowest BCUT2D eigenvalue weighted by molar-refractivity contribution is -0.400. The van der Waals surface area contributed by atoms with Crippen molar-refractivity contribution in [1.82, 2.24) is 0 Å². The number of ether oxygens (including phenoxy) is 19. The summed E-state index contributed by atoms with van der Waals surface area (Å²) in [5.41, 5.74) is 0. The van der Waals surface area contributed by atoms with E-state index in [-0.39, 0.29) is 0 Å². The number of hydrogen-bond acceptors (Lipinski definition) is 51. The molecule has 0 aliphatic carbocycles. The second kappa shape index (κ2) is 39.4. The van der Waals surface area contributed by atoms with Crippen molar-refractivity contribution in [1.29, 1.82) is 0 Å². The van der Waals surface area contributed by atoms with Crippen LogP contribution in [-0.4, -0.2) is 537 Å². The normalized spacial score (nSPS) is 53.7. The zero-order valence-corrected chi connectivity index (χ0v) is 58.0. The molecule has 0 radical (unpaired) electrons. The van der Waals surface area contributed by atoms with E-state index in [9.17, 15) is 163 Å². The molecule has 10 aliphatic heterocycles. The molecule has 51 nitrogen and oxygen atoms in total. The number of aliphatic hydroxyl groups is 32. The van der Waals surface area contributed by atoms with Gasteiger partial charge in [0.15, 0.2) is 62.9 Å². The number of aliphatic hydroxyl groups excluding tert-OH is 32. The van der Waals surface area contributed by atoms with Crippen LogP contribution in [0.1, 0.15) is 0 Å². The summed E-state index contributed by atoms with van der Waals surface area (Å²) < 4.78 is 106. The Hall–Kier alpha value is -2.04. The Morgan fingerprint density at radius 1 is 0.135 bits per heavy atom. The molecular weight excluding hydrogens is 1540 g/mol. The Bertz CT molecular complexity index is 2760. The summed E-state index contributed by atoms with van der Waals surface area (Å²) in [5.74, 6) is 0. The quantitative estimate of drug-likeness (QED) is 0.0346. The van der Waals surface area contributed by atoms with Crippen molar-refractivity contribution in [2.45, 2.75) is 307 Å². The van der Waals surface area contributed by atoms with Crippen LogP contribution in [-0.2, 0) is 90.0 Å². The Balaban J connectivity index is 0.705. The van der Waals surface area contributed by atoms with Gasteiger partial charge in [0.05, 0.1) is 66.1 Å². The fourth-order valence-electron chi connectivity index (χ4n) is 14.5. The van der Waals surface area contributed by atoms with E-state index in [1.807, 2.05) is 0 Å². The molecule has 32 N–H and O–H groups in total. The molecular formula is C60H102O51. The Kier molecular flexibility index (Phi) is 32.4. The highest BCUT2D eigenvalue weighted by Crippen LogP contribution is 2.41. The van der Waals surface area contributed by atoms with Gasteiger partial charge in [-0.1, -0.05) is 0 Å². The molecule has 0 aromatic carbocycles. The van der Waals surface area contributed by atoms with Crippen LogP contribution in [0.2, 0.25) is 0 Å². The van der Waals surface area contributed by atoms with Crippen LogP contribution in [0.15, 0.2) is 0 Å². The Morgan fingerprint density at radius 3 is 0.414 bits per heavy atom. The van der Waals surface area contributed by atoms with E-state index in [4.69, 9.17) is 90.0 Å². The Morgan fingerprint density at radius 2 is 0.261 bits per heavy atom. The molecule has 111 heavy (non-hydrogen) atoms. The van der Waals surface area contributed by atoms with Crippen LogP contribution in [0, 0.1) is 0 Å². The summed E-state index contributed by atoms with van der Waals surface area (Å²) >= 11 is 0. The predicted molar refractivity (Wildman–Crippen MR) is 330 cm³/mol. The van der Waals surface area contributed by atoms with E-state index in [0.29, 0.717) is 0 Å². The second-order valence-electron chi connectivity index (χ2n) is 28.0. The standard InChI is InChI=1S/C60H102O51/c61-1-11-21(71)22(72)33(83)52(94-11)104-43-13(3-63)96-54(35(85)24(43)74)106-45-15(5-65)98-56(37(87)26(45)76)108-47-17(7-67)100-58(39(89)28(47)78)110-49-19(9-69)102-60(41(91)30(49)80)111-50-20(10-70)101-59(40(90)31(50)81)109-48-18(8-68)99-57(38(88)29(48)79)107-46-16(6-66)97-55(36(86)27(46)77)105-44-14(4-64)95-53(34(84)25(44)75)103-42-12(2-62)93-51(92)32(82)23(42)73/h11-92H,1-10H2/t11-,12-,13-,14-,15-,16-,17-,18-,19-,20-,21-,22+,23-,24-,25-,26-,27-,28-,29-,30-,31-,32+,33+,34+,35+,36+,37+,38+,39+,40+,41+,42-,43-,44-,45-,46-,47-,48-,49-,50-,51?,52?,53?,54?,55?,56?,57?,58?,59?,60?/m1/s1. The molecule has 10 fully saturated rings. The second-order valence-corrected chi connectivity index (χ2v) is 28.0. The lowest BCUT2D eigenvalue weighted by Crippen LogP contribution is -2.68. The van der Waals surface area contributed by atoms with Crippen LogP contribution in [0.3, 0.4) is 0 Å². The van der Waals surface area contributed by atoms with Gasteiger partial charge in [0, 0.05) is 0 Å². The molecule has 50 atom stereocenters. The van der Waals surface area contributed by atoms with Crippen molar-refractivity contribution in [2.75, 3.05) is 66.1 Å². The first-order chi connectivity index (χ1) is 52.7. The van der Waals surface area contributed by atoms with Crippen molar-refractivity contribution >= 4 is 0 Å². The average Bonchev–Trinajstić information content (AvgIpc) is 0.774. The monoisotopic (exact) mass is 1640 g/mol. The molecule has 648 valence electrons. The van der Waals surface area contributed by atoms with Gasteiger partial charge in [-0.15, -0.1) is 0 Å². The summed E-state index contributed by atoms with van der Waals surface area (Å²) in [6.45, 7) is -10.5. The van der Waals surface area contributed by atoms with Crippen molar-refractivity contribution in [3.63, 3.8) is 0 Å². The first-order valence-electron chi connectivity index (χ1n) is 35.2.